The summed E-state index contributed by atoms with van der Waals surface area (Å²) in [5, 5.41) is 14.9. The monoisotopic (exact) mass is 390 g/mol. The Hall–Kier alpha value is -2.45. The average molecular weight is 390 g/mol. The highest BCUT2D eigenvalue weighted by Gasteiger charge is 2.31. The van der Waals surface area contributed by atoms with Crippen LogP contribution >= 0.6 is 0 Å². The fourth-order valence-electron chi connectivity index (χ4n) is 3.78. The van der Waals surface area contributed by atoms with E-state index in [0.29, 0.717) is 17.2 Å². The van der Waals surface area contributed by atoms with Gasteiger partial charge < -0.3 is 10.0 Å². The van der Waals surface area contributed by atoms with E-state index in [-0.39, 0.29) is 5.56 Å². The van der Waals surface area contributed by atoms with Gasteiger partial charge in [-0.15, -0.1) is 0 Å². The molecule has 0 atom stereocenters. The van der Waals surface area contributed by atoms with Gasteiger partial charge in [0.2, 0.25) is 0 Å². The lowest BCUT2D eigenvalue weighted by Gasteiger charge is -2.29. The predicted octanol–water partition coefficient (Wildman–Crippen LogP) is 3.88. The second-order valence-corrected chi connectivity index (χ2v) is 7.29. The smallest absolute Gasteiger partial charge is 0.392 e. The number of nitrogens with zero attached hydrogens (tertiary/aromatic N) is 4. The van der Waals surface area contributed by atoms with Crippen molar-refractivity contribution in [3.05, 3.63) is 47.8 Å². The minimum atomic E-state index is -4.44. The molecular weight excluding hydrogens is 369 g/mol. The van der Waals surface area contributed by atoms with Crippen LogP contribution in [-0.4, -0.2) is 44.9 Å². The number of hydrogen-bond acceptors (Lipinski definition) is 4. The van der Waals surface area contributed by atoms with Gasteiger partial charge in [0.25, 0.3) is 0 Å². The summed E-state index contributed by atoms with van der Waals surface area (Å²) in [7, 11) is 2.10. The second kappa shape index (κ2) is 7.18. The Morgan fingerprint density at radius 2 is 1.89 bits per heavy atom. The van der Waals surface area contributed by atoms with Crippen LogP contribution in [0.1, 0.15) is 30.0 Å². The predicted molar refractivity (Wildman–Crippen MR) is 99.7 cm³/mol. The molecular formula is C20H21F3N4O. The first-order valence-electron chi connectivity index (χ1n) is 9.20. The number of benzene rings is 1. The molecule has 3 heterocycles. The Labute approximate surface area is 160 Å². The van der Waals surface area contributed by atoms with Crippen LogP contribution in [0.25, 0.3) is 22.2 Å². The first-order chi connectivity index (χ1) is 13.4. The van der Waals surface area contributed by atoms with Crippen molar-refractivity contribution >= 4 is 11.0 Å². The van der Waals surface area contributed by atoms with E-state index in [2.05, 4.69) is 22.0 Å². The van der Waals surface area contributed by atoms with Crippen LogP contribution in [0.15, 0.2) is 36.7 Å². The summed E-state index contributed by atoms with van der Waals surface area (Å²) in [6, 6.07) is 5.56. The van der Waals surface area contributed by atoms with Gasteiger partial charge >= 0.3 is 6.18 Å². The van der Waals surface area contributed by atoms with Gasteiger partial charge in [-0.2, -0.15) is 18.3 Å². The molecule has 28 heavy (non-hydrogen) atoms. The van der Waals surface area contributed by atoms with Crippen LogP contribution in [0.4, 0.5) is 13.2 Å². The summed E-state index contributed by atoms with van der Waals surface area (Å²) in [6.45, 7) is 1.54. The molecule has 2 aromatic heterocycles. The van der Waals surface area contributed by atoms with Gasteiger partial charge in [-0.25, -0.2) is 9.67 Å². The Kier molecular flexibility index (Phi) is 4.84. The van der Waals surface area contributed by atoms with Crippen molar-refractivity contribution in [3.8, 4) is 11.1 Å². The van der Waals surface area contributed by atoms with Crippen molar-refractivity contribution in [3.63, 3.8) is 0 Å². The van der Waals surface area contributed by atoms with Gasteiger partial charge in [-0.3, -0.25) is 0 Å². The van der Waals surface area contributed by atoms with Crippen LogP contribution in [0.5, 0.6) is 0 Å². The summed E-state index contributed by atoms with van der Waals surface area (Å²) in [5.74, 6) is 0. The SMILES string of the molecule is CN1CCC(n2ncc3cc(-c4ccc(C(F)(F)F)cc4CO)cnc32)CC1. The number of likely N-dealkylation sites (tertiary alicyclic amines) is 1. The van der Waals surface area contributed by atoms with E-state index in [9.17, 15) is 18.3 Å². The number of alkyl halides is 3. The Morgan fingerprint density at radius 1 is 1.14 bits per heavy atom. The standard InChI is InChI=1S/C20H21F3N4O/c1-26-6-4-17(5-7-26)27-19-14(11-25-27)8-13(10-24-19)18-3-2-16(20(21,22)23)9-15(18)12-28/h2-3,8-11,17,28H,4-7,12H2,1H3. The lowest BCUT2D eigenvalue weighted by Crippen LogP contribution is -2.31. The highest BCUT2D eigenvalue weighted by atomic mass is 19.4. The maximum absolute atomic E-state index is 12.9. The maximum Gasteiger partial charge on any atom is 0.416 e. The third-order valence-corrected chi connectivity index (χ3v) is 5.38. The van der Waals surface area contributed by atoms with E-state index in [4.69, 9.17) is 0 Å². The van der Waals surface area contributed by atoms with Crippen molar-refractivity contribution < 1.29 is 18.3 Å². The van der Waals surface area contributed by atoms with Crippen LogP contribution in [-0.2, 0) is 12.8 Å². The molecule has 1 aromatic carbocycles. The molecule has 1 N–H and O–H groups in total. The average Bonchev–Trinajstić information content (AvgIpc) is 3.10. The molecule has 0 aliphatic carbocycles. The first-order valence-corrected chi connectivity index (χ1v) is 9.20. The summed E-state index contributed by atoms with van der Waals surface area (Å²) in [6.07, 6.45) is 0.943. The number of aliphatic hydroxyl groups is 1. The Bertz CT molecular complexity index is 991. The summed E-state index contributed by atoms with van der Waals surface area (Å²) < 4.78 is 40.8. The fraction of sp³-hybridized carbons (Fsp3) is 0.400. The number of fused-ring (bicyclic) bond motifs is 1. The van der Waals surface area contributed by atoms with Crippen molar-refractivity contribution in [2.24, 2.45) is 0 Å². The normalized spacial score (nSPS) is 16.8. The van der Waals surface area contributed by atoms with Crippen LogP contribution in [0.2, 0.25) is 0 Å². The molecule has 1 saturated heterocycles. The molecule has 0 unspecified atom stereocenters. The molecule has 4 rings (SSSR count). The largest absolute Gasteiger partial charge is 0.416 e. The zero-order valence-corrected chi connectivity index (χ0v) is 15.4. The molecule has 0 bridgehead atoms. The van der Waals surface area contributed by atoms with Crippen LogP contribution in [0.3, 0.4) is 0 Å². The molecule has 0 radical (unpaired) electrons. The van der Waals surface area contributed by atoms with Crippen molar-refractivity contribution in [1.82, 2.24) is 19.7 Å². The van der Waals surface area contributed by atoms with E-state index in [1.165, 1.54) is 6.07 Å². The van der Waals surface area contributed by atoms with Crippen LogP contribution in [0, 0.1) is 0 Å². The van der Waals surface area contributed by atoms with Gasteiger partial charge in [0.1, 0.15) is 0 Å². The van der Waals surface area contributed by atoms with E-state index in [1.807, 2.05) is 10.7 Å². The van der Waals surface area contributed by atoms with Gasteiger partial charge in [0.15, 0.2) is 5.65 Å². The Balaban J connectivity index is 1.69. The van der Waals surface area contributed by atoms with Gasteiger partial charge in [0, 0.05) is 17.1 Å². The van der Waals surface area contributed by atoms with E-state index in [0.717, 1.165) is 49.1 Å². The van der Waals surface area contributed by atoms with Crippen molar-refractivity contribution in [1.29, 1.82) is 0 Å². The summed E-state index contributed by atoms with van der Waals surface area (Å²) in [4.78, 5) is 6.83. The quantitative estimate of drug-likeness (QED) is 0.738. The molecule has 3 aromatic rings. The lowest BCUT2D eigenvalue weighted by molar-refractivity contribution is -0.137. The van der Waals surface area contributed by atoms with Crippen molar-refractivity contribution in [2.45, 2.75) is 31.7 Å². The summed E-state index contributed by atoms with van der Waals surface area (Å²) >= 11 is 0. The Morgan fingerprint density at radius 3 is 2.57 bits per heavy atom. The number of piperidine rings is 1. The highest BCUT2D eigenvalue weighted by Crippen LogP contribution is 2.34. The molecule has 0 spiro atoms. The minimum Gasteiger partial charge on any atom is -0.392 e. The lowest BCUT2D eigenvalue weighted by atomic mass is 9.98. The third-order valence-electron chi connectivity index (χ3n) is 5.38. The molecule has 8 heteroatoms. The number of pyridine rings is 1. The number of hydrogen-bond donors (Lipinski definition) is 1. The molecule has 5 nitrogen and oxygen atoms in total. The minimum absolute atomic E-state index is 0.221. The van der Waals surface area contributed by atoms with E-state index >= 15 is 0 Å². The molecule has 1 fully saturated rings. The number of aliphatic hydroxyl groups excluding tert-OH is 1. The second-order valence-electron chi connectivity index (χ2n) is 7.29. The fourth-order valence-corrected chi connectivity index (χ4v) is 3.78. The zero-order chi connectivity index (χ0) is 19.9. The molecule has 1 aliphatic heterocycles. The molecule has 0 saturated carbocycles. The molecule has 148 valence electrons. The van der Waals surface area contributed by atoms with Crippen molar-refractivity contribution in [2.75, 3.05) is 20.1 Å². The maximum atomic E-state index is 12.9. The topological polar surface area (TPSA) is 54.2 Å². The first kappa shape index (κ1) is 18.9. The van der Waals surface area contributed by atoms with E-state index in [1.54, 1.807) is 12.4 Å². The molecule has 1 aliphatic rings. The van der Waals surface area contributed by atoms with Gasteiger partial charge in [0.05, 0.1) is 24.4 Å². The van der Waals surface area contributed by atoms with E-state index < -0.39 is 18.3 Å². The number of rotatable bonds is 3. The number of aromatic nitrogens is 3. The summed E-state index contributed by atoms with van der Waals surface area (Å²) in [5.41, 5.74) is 1.42. The number of halogens is 3. The van der Waals surface area contributed by atoms with Crippen LogP contribution < -0.4 is 0 Å². The third kappa shape index (κ3) is 3.49. The zero-order valence-electron chi connectivity index (χ0n) is 15.4. The highest BCUT2D eigenvalue weighted by molar-refractivity contribution is 5.81. The van der Waals surface area contributed by atoms with Gasteiger partial charge in [-0.1, -0.05) is 6.07 Å². The van der Waals surface area contributed by atoms with Gasteiger partial charge in [-0.05, 0) is 62.3 Å². The molecule has 0 amide bonds.